The van der Waals surface area contributed by atoms with Gasteiger partial charge < -0.3 is 4.52 Å². The minimum atomic E-state index is 0.457. The summed E-state index contributed by atoms with van der Waals surface area (Å²) in [5.41, 5.74) is 1.94. The molecule has 2 aliphatic rings. The molecule has 0 spiro atoms. The first kappa shape index (κ1) is 13.4. The van der Waals surface area contributed by atoms with Crippen LogP contribution in [0.2, 0.25) is 0 Å². The van der Waals surface area contributed by atoms with Crippen molar-refractivity contribution < 1.29 is 4.52 Å². The Kier molecular flexibility index (Phi) is 3.56. The average Bonchev–Trinajstić information content (AvgIpc) is 3.28. The molecule has 1 aliphatic heterocycles. The lowest BCUT2D eigenvalue weighted by molar-refractivity contribution is 0.284. The molecule has 0 N–H and O–H groups in total. The molecular weight excluding hydrogens is 276 g/mol. The fourth-order valence-corrected chi connectivity index (χ4v) is 3.09. The molecule has 0 bridgehead atoms. The highest BCUT2D eigenvalue weighted by molar-refractivity contribution is 5.71. The lowest BCUT2D eigenvalue weighted by Crippen LogP contribution is -2.31. The minimum Gasteiger partial charge on any atom is -0.334 e. The average molecular weight is 294 g/mol. The fourth-order valence-electron chi connectivity index (χ4n) is 3.09. The molecule has 3 heterocycles. The Balaban J connectivity index is 1.59. The second kappa shape index (κ2) is 5.85. The first-order valence-electron chi connectivity index (χ1n) is 7.77. The maximum absolute atomic E-state index is 5.45. The van der Waals surface area contributed by atoms with E-state index in [1.807, 2.05) is 12.1 Å². The second-order valence-corrected chi connectivity index (χ2v) is 5.73. The Labute approximate surface area is 129 Å². The van der Waals surface area contributed by atoms with Crippen molar-refractivity contribution in [2.75, 3.05) is 13.1 Å². The number of aromatic nitrogens is 3. The van der Waals surface area contributed by atoms with Crippen LogP contribution in [0.3, 0.4) is 0 Å². The molecule has 0 aromatic carbocycles. The minimum absolute atomic E-state index is 0.457. The molecule has 2 aromatic rings. The molecule has 0 radical (unpaired) electrons. The van der Waals surface area contributed by atoms with E-state index >= 15 is 0 Å². The van der Waals surface area contributed by atoms with Gasteiger partial charge in [0.25, 0.3) is 5.89 Å². The van der Waals surface area contributed by atoms with Crippen molar-refractivity contribution in [1.82, 2.24) is 20.0 Å². The van der Waals surface area contributed by atoms with Gasteiger partial charge in [-0.1, -0.05) is 23.4 Å². The highest BCUT2D eigenvalue weighted by Crippen LogP contribution is 2.26. The van der Waals surface area contributed by atoms with Crippen molar-refractivity contribution in [3.05, 3.63) is 48.6 Å². The number of hydrogen-bond donors (Lipinski definition) is 0. The lowest BCUT2D eigenvalue weighted by atomic mass is 10.0. The van der Waals surface area contributed by atoms with E-state index in [2.05, 4.69) is 38.3 Å². The third kappa shape index (κ3) is 2.60. The van der Waals surface area contributed by atoms with E-state index < -0.39 is 0 Å². The van der Waals surface area contributed by atoms with Gasteiger partial charge in [0.2, 0.25) is 5.82 Å². The molecule has 2 aromatic heterocycles. The van der Waals surface area contributed by atoms with Gasteiger partial charge in [-0.05, 0) is 44.5 Å². The van der Waals surface area contributed by atoms with Crippen LogP contribution in [0.4, 0.5) is 0 Å². The highest BCUT2D eigenvalue weighted by Gasteiger charge is 2.23. The Bertz CT molecular complexity index is 698. The van der Waals surface area contributed by atoms with Crippen LogP contribution < -0.4 is 0 Å². The van der Waals surface area contributed by atoms with Crippen LogP contribution in [0.5, 0.6) is 0 Å². The number of likely N-dealkylation sites (tertiary alicyclic amines) is 1. The summed E-state index contributed by atoms with van der Waals surface area (Å²) in [5, 5.41) is 4.08. The first-order valence-corrected chi connectivity index (χ1v) is 7.77. The maximum Gasteiger partial charge on any atom is 0.257 e. The summed E-state index contributed by atoms with van der Waals surface area (Å²) in [6.45, 7) is 2.38. The van der Waals surface area contributed by atoms with Crippen molar-refractivity contribution in [3.63, 3.8) is 0 Å². The fraction of sp³-hybridized carbons (Fsp3) is 0.353. The van der Waals surface area contributed by atoms with Crippen molar-refractivity contribution in [1.29, 1.82) is 0 Å². The van der Waals surface area contributed by atoms with E-state index in [1.54, 1.807) is 12.4 Å². The van der Waals surface area contributed by atoms with Crippen LogP contribution in [-0.4, -0.2) is 39.2 Å². The number of nitrogens with zero attached hydrogens (tertiary/aromatic N) is 4. The molecule has 1 saturated heterocycles. The summed E-state index contributed by atoms with van der Waals surface area (Å²) in [7, 11) is 0. The molecule has 112 valence electrons. The van der Waals surface area contributed by atoms with Gasteiger partial charge in [0.05, 0.1) is 0 Å². The van der Waals surface area contributed by atoms with Gasteiger partial charge in [-0.25, -0.2) is 0 Å². The zero-order valence-electron chi connectivity index (χ0n) is 12.4. The van der Waals surface area contributed by atoms with Crippen molar-refractivity contribution in [3.8, 4) is 11.4 Å². The smallest absolute Gasteiger partial charge is 0.257 e. The molecular formula is C17H18N4O. The number of pyridine rings is 1. The quantitative estimate of drug-likeness (QED) is 0.871. The molecule has 1 fully saturated rings. The maximum atomic E-state index is 5.45. The lowest BCUT2D eigenvalue weighted by Gasteiger charge is -2.25. The summed E-state index contributed by atoms with van der Waals surface area (Å²) < 4.78 is 5.45. The molecule has 4 rings (SSSR count). The van der Waals surface area contributed by atoms with Gasteiger partial charge >= 0.3 is 0 Å². The molecule has 1 atom stereocenters. The Morgan fingerprint density at radius 1 is 1.14 bits per heavy atom. The summed E-state index contributed by atoms with van der Waals surface area (Å²) in [4.78, 5) is 11.1. The van der Waals surface area contributed by atoms with E-state index in [9.17, 15) is 0 Å². The molecule has 22 heavy (non-hydrogen) atoms. The third-order valence-corrected chi connectivity index (χ3v) is 4.27. The van der Waals surface area contributed by atoms with Crippen LogP contribution in [0.15, 0.2) is 47.3 Å². The van der Waals surface area contributed by atoms with Gasteiger partial charge in [0, 0.05) is 29.6 Å². The van der Waals surface area contributed by atoms with Gasteiger partial charge in [-0.15, -0.1) is 0 Å². The molecule has 1 aliphatic carbocycles. The monoisotopic (exact) mass is 294 g/mol. The van der Waals surface area contributed by atoms with Gasteiger partial charge in [0.15, 0.2) is 0 Å². The van der Waals surface area contributed by atoms with Crippen molar-refractivity contribution >= 4 is 5.57 Å². The number of hydrogen-bond acceptors (Lipinski definition) is 5. The molecule has 1 unspecified atom stereocenters. The zero-order valence-corrected chi connectivity index (χ0v) is 12.4. The van der Waals surface area contributed by atoms with E-state index in [0.717, 1.165) is 17.6 Å². The van der Waals surface area contributed by atoms with Crippen molar-refractivity contribution in [2.45, 2.75) is 25.3 Å². The molecule has 5 nitrogen and oxygen atoms in total. The summed E-state index contributed by atoms with van der Waals surface area (Å²) in [6.07, 6.45) is 13.7. The van der Waals surface area contributed by atoms with E-state index in [4.69, 9.17) is 4.52 Å². The van der Waals surface area contributed by atoms with E-state index in [0.29, 0.717) is 17.8 Å². The Morgan fingerprint density at radius 3 is 2.77 bits per heavy atom. The Hall–Kier alpha value is -2.27. The largest absolute Gasteiger partial charge is 0.334 e. The highest BCUT2D eigenvalue weighted by atomic mass is 16.5. The topological polar surface area (TPSA) is 55.1 Å². The van der Waals surface area contributed by atoms with Crippen molar-refractivity contribution in [2.24, 2.45) is 0 Å². The molecule has 0 saturated carbocycles. The number of allylic oxidation sites excluding steroid dienone is 2. The van der Waals surface area contributed by atoms with E-state index in [-0.39, 0.29) is 0 Å². The summed E-state index contributed by atoms with van der Waals surface area (Å²) in [5.74, 6) is 1.20. The first-order chi connectivity index (χ1) is 10.9. The third-order valence-electron chi connectivity index (χ3n) is 4.27. The zero-order chi connectivity index (χ0) is 14.8. The Morgan fingerprint density at radius 2 is 1.95 bits per heavy atom. The van der Waals surface area contributed by atoms with Gasteiger partial charge in [0.1, 0.15) is 0 Å². The predicted octanol–water partition coefficient (Wildman–Crippen LogP) is 2.94. The van der Waals surface area contributed by atoms with E-state index in [1.165, 1.54) is 25.9 Å². The number of rotatable bonds is 3. The van der Waals surface area contributed by atoms with Crippen LogP contribution in [0.1, 0.15) is 25.2 Å². The normalized spacial score (nSPS) is 22.0. The summed E-state index contributed by atoms with van der Waals surface area (Å²) in [6, 6.07) is 4.22. The van der Waals surface area contributed by atoms with Crippen LogP contribution >= 0.6 is 0 Å². The predicted molar refractivity (Wildman–Crippen MR) is 83.9 cm³/mol. The second-order valence-electron chi connectivity index (χ2n) is 5.73. The van der Waals surface area contributed by atoms with Crippen LogP contribution in [0, 0.1) is 0 Å². The summed E-state index contributed by atoms with van der Waals surface area (Å²) >= 11 is 0. The van der Waals surface area contributed by atoms with Gasteiger partial charge in [-0.3, -0.25) is 9.88 Å². The molecule has 0 amide bonds. The van der Waals surface area contributed by atoms with Crippen LogP contribution in [-0.2, 0) is 0 Å². The SMILES string of the molecule is C1=CC(c2nc(-c3ccncc3)no2)=CC(N2CCCC2)C1. The standard InChI is InChI=1S/C17H18N4O/c1-2-11-21(10-1)15-5-3-4-14(12-15)17-19-16(20-22-17)13-6-8-18-9-7-13/h3-4,6-9,12,15H,1-2,5,10-11H2. The molecule has 5 heteroatoms. The van der Waals surface area contributed by atoms with Gasteiger partial charge in [-0.2, -0.15) is 4.98 Å². The van der Waals surface area contributed by atoms with Crippen LogP contribution in [0.25, 0.3) is 17.0 Å².